The summed E-state index contributed by atoms with van der Waals surface area (Å²) in [6.45, 7) is 3.42. The molecule has 0 unspecified atom stereocenters. The molecule has 0 aliphatic carbocycles. The summed E-state index contributed by atoms with van der Waals surface area (Å²) in [6, 6.07) is 17.0. The Morgan fingerprint density at radius 3 is 2.27 bits per heavy atom. The number of nitrogens with one attached hydrogen (secondary N) is 1. The van der Waals surface area contributed by atoms with E-state index >= 15 is 0 Å². The van der Waals surface area contributed by atoms with Gasteiger partial charge in [-0.05, 0) is 43.7 Å². The van der Waals surface area contributed by atoms with Crippen molar-refractivity contribution in [2.24, 2.45) is 0 Å². The predicted octanol–water partition coefficient (Wildman–Crippen LogP) is 4.15. The van der Waals surface area contributed by atoms with E-state index in [4.69, 9.17) is 0 Å². The van der Waals surface area contributed by atoms with Crippen molar-refractivity contribution in [3.63, 3.8) is 0 Å². The van der Waals surface area contributed by atoms with E-state index in [1.807, 2.05) is 25.1 Å². The van der Waals surface area contributed by atoms with Crippen LogP contribution in [0, 0.1) is 0 Å². The Bertz CT molecular complexity index is 638. The number of thioether (sulfide) groups is 1. The van der Waals surface area contributed by atoms with Crippen molar-refractivity contribution in [2.45, 2.75) is 24.9 Å². The highest BCUT2D eigenvalue weighted by Gasteiger charge is 2.13. The first kappa shape index (κ1) is 16.3. The Balaban J connectivity index is 1.87. The van der Waals surface area contributed by atoms with Crippen LogP contribution in [0.25, 0.3) is 0 Å². The van der Waals surface area contributed by atoms with E-state index in [-0.39, 0.29) is 16.9 Å². The summed E-state index contributed by atoms with van der Waals surface area (Å²) in [5, 5.41) is 2.73. The number of carbonyl (C=O) groups excluding carboxylic acids is 2. The van der Waals surface area contributed by atoms with Gasteiger partial charge in [0.1, 0.15) is 0 Å². The molecule has 114 valence electrons. The van der Waals surface area contributed by atoms with Gasteiger partial charge in [0.15, 0.2) is 5.78 Å². The first-order chi connectivity index (χ1) is 10.6. The molecule has 0 saturated carbocycles. The fourth-order valence-corrected chi connectivity index (χ4v) is 2.75. The molecule has 0 aliphatic heterocycles. The summed E-state index contributed by atoms with van der Waals surface area (Å²) in [5.74, 6) is 0.791. The van der Waals surface area contributed by atoms with Crippen LogP contribution in [0.2, 0.25) is 0 Å². The molecule has 2 aromatic carbocycles. The van der Waals surface area contributed by atoms with E-state index < -0.39 is 0 Å². The Labute approximate surface area is 135 Å². The van der Waals surface area contributed by atoms with E-state index in [1.54, 1.807) is 36.0 Å². The molecular formula is C18H19NO2S. The summed E-state index contributed by atoms with van der Waals surface area (Å²) in [6.07, 6.45) is 0. The summed E-state index contributed by atoms with van der Waals surface area (Å²) in [4.78, 5) is 23.4. The van der Waals surface area contributed by atoms with Gasteiger partial charge < -0.3 is 5.32 Å². The highest BCUT2D eigenvalue weighted by atomic mass is 32.2. The SMILES string of the molecule is CC(=O)c1ccc(NC(=O)[C@@H](C)SCc2ccccc2)cc1. The minimum Gasteiger partial charge on any atom is -0.325 e. The Morgan fingerprint density at radius 1 is 1.05 bits per heavy atom. The van der Waals surface area contributed by atoms with Crippen LogP contribution in [0.4, 0.5) is 5.69 Å². The molecule has 1 atom stereocenters. The Morgan fingerprint density at radius 2 is 1.68 bits per heavy atom. The summed E-state index contributed by atoms with van der Waals surface area (Å²) in [5.41, 5.74) is 2.56. The molecule has 3 nitrogen and oxygen atoms in total. The maximum absolute atomic E-state index is 12.2. The van der Waals surface area contributed by atoms with Gasteiger partial charge in [-0.15, -0.1) is 11.8 Å². The summed E-state index contributed by atoms with van der Waals surface area (Å²) >= 11 is 1.60. The lowest BCUT2D eigenvalue weighted by molar-refractivity contribution is -0.115. The maximum Gasteiger partial charge on any atom is 0.237 e. The van der Waals surface area contributed by atoms with E-state index in [9.17, 15) is 9.59 Å². The van der Waals surface area contributed by atoms with Gasteiger partial charge in [-0.2, -0.15) is 0 Å². The number of ketones is 1. The number of benzene rings is 2. The molecule has 22 heavy (non-hydrogen) atoms. The second-order valence-electron chi connectivity index (χ2n) is 5.06. The molecule has 0 aliphatic rings. The number of anilines is 1. The number of rotatable bonds is 6. The summed E-state index contributed by atoms with van der Waals surface area (Å²) < 4.78 is 0. The zero-order valence-electron chi connectivity index (χ0n) is 12.7. The van der Waals surface area contributed by atoms with Crippen LogP contribution in [0.3, 0.4) is 0 Å². The van der Waals surface area contributed by atoms with E-state index in [0.717, 1.165) is 5.75 Å². The third-order valence-corrected chi connectivity index (χ3v) is 4.49. The number of hydrogen-bond acceptors (Lipinski definition) is 3. The van der Waals surface area contributed by atoms with Gasteiger partial charge in [0.2, 0.25) is 5.91 Å². The van der Waals surface area contributed by atoms with Crippen LogP contribution in [-0.4, -0.2) is 16.9 Å². The second-order valence-corrected chi connectivity index (χ2v) is 6.39. The van der Waals surface area contributed by atoms with Crippen LogP contribution >= 0.6 is 11.8 Å². The monoisotopic (exact) mass is 313 g/mol. The topological polar surface area (TPSA) is 46.2 Å². The molecule has 4 heteroatoms. The highest BCUT2D eigenvalue weighted by Crippen LogP contribution is 2.19. The zero-order valence-corrected chi connectivity index (χ0v) is 13.5. The lowest BCUT2D eigenvalue weighted by Gasteiger charge is -2.12. The van der Waals surface area contributed by atoms with Gasteiger partial charge in [0.25, 0.3) is 0 Å². The van der Waals surface area contributed by atoms with Crippen molar-refractivity contribution >= 4 is 29.1 Å². The van der Waals surface area contributed by atoms with Crippen LogP contribution < -0.4 is 5.32 Å². The average molecular weight is 313 g/mol. The van der Waals surface area contributed by atoms with Gasteiger partial charge in [-0.25, -0.2) is 0 Å². The smallest absolute Gasteiger partial charge is 0.237 e. The van der Waals surface area contributed by atoms with E-state index in [2.05, 4.69) is 17.4 Å². The first-order valence-corrected chi connectivity index (χ1v) is 8.18. The molecule has 1 amide bonds. The third-order valence-electron chi connectivity index (χ3n) is 3.27. The molecule has 0 saturated heterocycles. The minimum absolute atomic E-state index is 0.0182. The molecular weight excluding hydrogens is 294 g/mol. The van der Waals surface area contributed by atoms with Crippen molar-refractivity contribution in [3.8, 4) is 0 Å². The lowest BCUT2D eigenvalue weighted by Crippen LogP contribution is -2.22. The van der Waals surface area contributed by atoms with Crippen LogP contribution in [0.15, 0.2) is 54.6 Å². The number of hydrogen-bond donors (Lipinski definition) is 1. The largest absolute Gasteiger partial charge is 0.325 e. The third kappa shape index (κ3) is 4.74. The average Bonchev–Trinajstić information content (AvgIpc) is 2.54. The molecule has 2 rings (SSSR count). The fourth-order valence-electron chi connectivity index (χ4n) is 1.90. The van der Waals surface area contributed by atoms with Crippen molar-refractivity contribution < 1.29 is 9.59 Å². The molecule has 0 radical (unpaired) electrons. The lowest BCUT2D eigenvalue weighted by atomic mass is 10.1. The quantitative estimate of drug-likeness (QED) is 0.815. The molecule has 0 bridgehead atoms. The van der Waals surface area contributed by atoms with Gasteiger partial charge in [0, 0.05) is 17.0 Å². The van der Waals surface area contributed by atoms with Gasteiger partial charge in [-0.3, -0.25) is 9.59 Å². The standard InChI is InChI=1S/C18H19NO2S/c1-13(20)16-8-10-17(11-9-16)19-18(21)14(2)22-12-15-6-4-3-5-7-15/h3-11,14H,12H2,1-2H3,(H,19,21)/t14-/m1/s1. The Hall–Kier alpha value is -2.07. The van der Waals surface area contributed by atoms with Gasteiger partial charge >= 0.3 is 0 Å². The molecule has 0 spiro atoms. The van der Waals surface area contributed by atoms with Crippen LogP contribution in [0.1, 0.15) is 29.8 Å². The normalized spacial score (nSPS) is 11.7. The molecule has 0 aromatic heterocycles. The maximum atomic E-state index is 12.2. The molecule has 0 fully saturated rings. The molecule has 0 heterocycles. The Kier molecular flexibility index (Phi) is 5.78. The van der Waals surface area contributed by atoms with Crippen molar-refractivity contribution in [1.29, 1.82) is 0 Å². The second kappa shape index (κ2) is 7.80. The van der Waals surface area contributed by atoms with Gasteiger partial charge in [0.05, 0.1) is 5.25 Å². The van der Waals surface area contributed by atoms with E-state index in [1.165, 1.54) is 12.5 Å². The van der Waals surface area contributed by atoms with Crippen molar-refractivity contribution in [2.75, 3.05) is 5.32 Å². The van der Waals surface area contributed by atoms with Gasteiger partial charge in [-0.1, -0.05) is 30.3 Å². The van der Waals surface area contributed by atoms with Crippen molar-refractivity contribution in [1.82, 2.24) is 0 Å². The summed E-state index contributed by atoms with van der Waals surface area (Å²) in [7, 11) is 0. The zero-order chi connectivity index (χ0) is 15.9. The fraction of sp³-hybridized carbons (Fsp3) is 0.222. The number of carbonyl (C=O) groups is 2. The number of Topliss-reactive ketones (excluding diaryl/α,β-unsaturated/α-hetero) is 1. The highest BCUT2D eigenvalue weighted by molar-refractivity contribution is 7.99. The minimum atomic E-state index is -0.146. The molecule has 1 N–H and O–H groups in total. The van der Waals surface area contributed by atoms with Crippen molar-refractivity contribution in [3.05, 3.63) is 65.7 Å². The molecule has 2 aromatic rings. The van der Waals surface area contributed by atoms with Crippen LogP contribution in [0.5, 0.6) is 0 Å². The predicted molar refractivity (Wildman–Crippen MR) is 92.3 cm³/mol. The number of amides is 1. The first-order valence-electron chi connectivity index (χ1n) is 7.13. The van der Waals surface area contributed by atoms with E-state index in [0.29, 0.717) is 11.3 Å². The van der Waals surface area contributed by atoms with Crippen LogP contribution in [-0.2, 0) is 10.5 Å².